The molecule has 1 saturated heterocycles. The monoisotopic (exact) mass is 649 g/mol. The summed E-state index contributed by atoms with van der Waals surface area (Å²) in [7, 11) is 1.52. The van der Waals surface area contributed by atoms with E-state index in [2.05, 4.69) is 13.8 Å². The molecule has 252 valence electrons. The number of nitrogens with zero attached hydrogens (tertiary/aromatic N) is 3. The van der Waals surface area contributed by atoms with Crippen LogP contribution in [-0.2, 0) is 16.1 Å². The molecule has 1 fully saturated rings. The number of likely N-dealkylation sites (tertiary alicyclic amines) is 1. The lowest BCUT2D eigenvalue weighted by molar-refractivity contribution is -0.143. The van der Waals surface area contributed by atoms with E-state index in [9.17, 15) is 23.9 Å². The Labute approximate surface area is 274 Å². The first-order chi connectivity index (χ1) is 22.7. The molecule has 1 amide bonds. The van der Waals surface area contributed by atoms with Crippen LogP contribution in [0.1, 0.15) is 63.0 Å². The Morgan fingerprint density at radius 1 is 1.11 bits per heavy atom. The topological polar surface area (TPSA) is 111 Å². The van der Waals surface area contributed by atoms with E-state index in [-0.39, 0.29) is 49.8 Å². The minimum absolute atomic E-state index is 0.0344. The largest absolute Gasteiger partial charge is 0.493 e. The van der Waals surface area contributed by atoms with Crippen LogP contribution in [0.25, 0.3) is 0 Å². The molecule has 3 atom stereocenters. The standard InChI is InChI=1S/C36H44FN3O7/c1-5-9-25(10-6-2)40(26-12-13-28(37)23(3)17-26)33(42)21-39-20-27(24-18-30(45-4)35-31(19-24)46-22-47-35)34(36(43)44)29(39)14-16-38-15-8-7-11-32(38)41/h7-8,11-13,15,17-19,25,27,29,34H,5-6,9-10,14,16,20-22H2,1-4H3,(H,43,44)/t27-,29+,34?/m1/s1. The van der Waals surface area contributed by atoms with Crippen LogP contribution in [0, 0.1) is 18.7 Å². The maximum absolute atomic E-state index is 14.5. The average molecular weight is 650 g/mol. The van der Waals surface area contributed by atoms with Gasteiger partial charge in [0.2, 0.25) is 24.0 Å². The van der Waals surface area contributed by atoms with Crippen molar-refractivity contribution in [3.63, 3.8) is 0 Å². The summed E-state index contributed by atoms with van der Waals surface area (Å²) in [4.78, 5) is 43.8. The van der Waals surface area contributed by atoms with Crippen molar-refractivity contribution in [1.82, 2.24) is 9.47 Å². The number of carbonyl (C=O) groups excluding carboxylic acids is 1. The summed E-state index contributed by atoms with van der Waals surface area (Å²) in [6.07, 6.45) is 5.28. The van der Waals surface area contributed by atoms with Crippen molar-refractivity contribution in [3.8, 4) is 17.2 Å². The number of ether oxygens (including phenoxy) is 3. The molecule has 10 nitrogen and oxygen atoms in total. The van der Waals surface area contributed by atoms with E-state index in [0.717, 1.165) is 25.7 Å². The van der Waals surface area contributed by atoms with Gasteiger partial charge in [0.05, 0.1) is 19.6 Å². The third-order valence-corrected chi connectivity index (χ3v) is 9.34. The summed E-state index contributed by atoms with van der Waals surface area (Å²) in [5, 5.41) is 10.7. The van der Waals surface area contributed by atoms with Crippen molar-refractivity contribution in [3.05, 3.63) is 82.0 Å². The van der Waals surface area contributed by atoms with Crippen LogP contribution in [-0.4, -0.2) is 65.5 Å². The maximum atomic E-state index is 14.5. The number of aryl methyl sites for hydroxylation is 2. The summed E-state index contributed by atoms with van der Waals surface area (Å²) in [6, 6.07) is 12.5. The molecular weight excluding hydrogens is 605 g/mol. The molecule has 5 rings (SSSR count). The van der Waals surface area contributed by atoms with Crippen molar-refractivity contribution in [2.75, 3.05) is 31.9 Å². The van der Waals surface area contributed by atoms with Crippen LogP contribution in [0.15, 0.2) is 59.5 Å². The zero-order valence-corrected chi connectivity index (χ0v) is 27.5. The number of amides is 1. The fraction of sp³-hybridized carbons (Fsp3) is 0.472. The summed E-state index contributed by atoms with van der Waals surface area (Å²) in [5.74, 6) is -1.53. The third kappa shape index (κ3) is 7.30. The lowest BCUT2D eigenvalue weighted by Gasteiger charge is -2.35. The average Bonchev–Trinajstić information content (AvgIpc) is 3.67. The first kappa shape index (κ1) is 34.0. The highest BCUT2D eigenvalue weighted by molar-refractivity contribution is 5.95. The molecule has 0 aliphatic carbocycles. The number of hydrogen-bond donors (Lipinski definition) is 1. The Hall–Kier alpha value is -4.38. The van der Waals surface area contributed by atoms with Gasteiger partial charge in [0.1, 0.15) is 5.82 Å². The Morgan fingerprint density at radius 3 is 2.53 bits per heavy atom. The van der Waals surface area contributed by atoms with E-state index in [4.69, 9.17) is 14.2 Å². The fourth-order valence-corrected chi connectivity index (χ4v) is 7.13. The molecule has 0 radical (unpaired) electrons. The highest BCUT2D eigenvalue weighted by atomic mass is 19.1. The Morgan fingerprint density at radius 2 is 1.87 bits per heavy atom. The third-order valence-electron chi connectivity index (χ3n) is 9.34. The molecule has 0 bridgehead atoms. The molecular formula is C36H44FN3O7. The van der Waals surface area contributed by atoms with Crippen molar-refractivity contribution in [2.45, 2.75) is 77.4 Å². The van der Waals surface area contributed by atoms with Crippen molar-refractivity contribution < 1.29 is 33.3 Å². The number of aromatic nitrogens is 1. The molecule has 3 aromatic rings. The van der Waals surface area contributed by atoms with Gasteiger partial charge in [-0.1, -0.05) is 32.8 Å². The second-order valence-corrected chi connectivity index (χ2v) is 12.4. The number of rotatable bonds is 14. The van der Waals surface area contributed by atoms with Crippen LogP contribution in [0.3, 0.4) is 0 Å². The minimum Gasteiger partial charge on any atom is -0.493 e. The van der Waals surface area contributed by atoms with E-state index in [1.54, 1.807) is 59.0 Å². The zero-order valence-electron chi connectivity index (χ0n) is 27.5. The van der Waals surface area contributed by atoms with Gasteiger partial charge in [-0.15, -0.1) is 0 Å². The second-order valence-electron chi connectivity index (χ2n) is 12.4. The van der Waals surface area contributed by atoms with Crippen molar-refractivity contribution in [2.24, 2.45) is 5.92 Å². The number of carbonyl (C=O) groups is 2. The SMILES string of the molecule is CCCC(CCC)N(C(=O)CN1C[C@H](c2cc(OC)c3c(c2)OCO3)C(C(=O)O)[C@@H]1CCn1ccccc1=O)c1ccc(F)c(C)c1. The van der Waals surface area contributed by atoms with Gasteiger partial charge in [0, 0.05) is 49.0 Å². The van der Waals surface area contributed by atoms with Gasteiger partial charge in [0.25, 0.3) is 0 Å². The highest BCUT2D eigenvalue weighted by Gasteiger charge is 2.48. The number of methoxy groups -OCH3 is 1. The van der Waals surface area contributed by atoms with Crippen LogP contribution in [0.4, 0.5) is 10.1 Å². The van der Waals surface area contributed by atoms with Crippen LogP contribution in [0.2, 0.25) is 0 Å². The smallest absolute Gasteiger partial charge is 0.308 e. The van der Waals surface area contributed by atoms with Crippen LogP contribution in [0.5, 0.6) is 17.2 Å². The lowest BCUT2D eigenvalue weighted by atomic mass is 9.84. The number of aliphatic carboxylic acids is 1. The van der Waals surface area contributed by atoms with Crippen LogP contribution >= 0.6 is 0 Å². The molecule has 2 aromatic carbocycles. The van der Waals surface area contributed by atoms with E-state index in [1.165, 1.54) is 19.2 Å². The predicted molar refractivity (Wildman–Crippen MR) is 176 cm³/mol. The van der Waals surface area contributed by atoms with Gasteiger partial charge in [-0.3, -0.25) is 19.3 Å². The van der Waals surface area contributed by atoms with E-state index in [1.807, 2.05) is 4.90 Å². The molecule has 2 aliphatic heterocycles. The fourth-order valence-electron chi connectivity index (χ4n) is 7.13. The molecule has 1 unspecified atom stereocenters. The molecule has 47 heavy (non-hydrogen) atoms. The van der Waals surface area contributed by atoms with Gasteiger partial charge in [-0.2, -0.15) is 0 Å². The number of fused-ring (bicyclic) bond motifs is 1. The zero-order chi connectivity index (χ0) is 33.7. The van der Waals surface area contributed by atoms with E-state index in [0.29, 0.717) is 40.5 Å². The normalized spacial score (nSPS) is 18.9. The Kier molecular flexibility index (Phi) is 10.9. The molecule has 1 aromatic heterocycles. The van der Waals surface area contributed by atoms with E-state index < -0.39 is 23.8 Å². The molecule has 0 spiro atoms. The molecule has 11 heteroatoms. The number of hydrogen-bond acceptors (Lipinski definition) is 7. The number of carboxylic acid groups (broad SMARTS) is 1. The second kappa shape index (κ2) is 15.0. The molecule has 0 saturated carbocycles. The molecule has 1 N–H and O–H groups in total. The van der Waals surface area contributed by atoms with Crippen LogP contribution < -0.4 is 24.7 Å². The quantitative estimate of drug-likeness (QED) is 0.241. The van der Waals surface area contributed by atoms with Gasteiger partial charge in [-0.25, -0.2) is 4.39 Å². The lowest BCUT2D eigenvalue weighted by Crippen LogP contribution is -2.48. The number of halogens is 1. The number of carboxylic acids is 1. The van der Waals surface area contributed by atoms with E-state index >= 15 is 0 Å². The highest BCUT2D eigenvalue weighted by Crippen LogP contribution is 2.47. The predicted octanol–water partition coefficient (Wildman–Crippen LogP) is 5.59. The summed E-state index contributed by atoms with van der Waals surface area (Å²) < 4.78 is 32.7. The number of benzene rings is 2. The molecule has 2 aliphatic rings. The minimum atomic E-state index is -0.993. The van der Waals surface area contributed by atoms with Gasteiger partial charge >= 0.3 is 5.97 Å². The first-order valence-electron chi connectivity index (χ1n) is 16.3. The number of pyridine rings is 1. The summed E-state index contributed by atoms with van der Waals surface area (Å²) in [5.41, 5.74) is 1.59. The van der Waals surface area contributed by atoms with Crippen molar-refractivity contribution >= 4 is 17.6 Å². The summed E-state index contributed by atoms with van der Waals surface area (Å²) >= 11 is 0. The van der Waals surface area contributed by atoms with Gasteiger partial charge < -0.3 is 28.8 Å². The first-order valence-corrected chi connectivity index (χ1v) is 16.3. The Balaban J connectivity index is 1.53. The summed E-state index contributed by atoms with van der Waals surface area (Å²) in [6.45, 7) is 6.38. The Bertz CT molecular complexity index is 1640. The molecule has 3 heterocycles. The maximum Gasteiger partial charge on any atom is 0.308 e. The van der Waals surface area contributed by atoms with Crippen molar-refractivity contribution in [1.29, 1.82) is 0 Å². The van der Waals surface area contributed by atoms with Gasteiger partial charge in [-0.05, 0) is 73.7 Å². The number of anilines is 1. The van der Waals surface area contributed by atoms with Gasteiger partial charge in [0.15, 0.2) is 11.5 Å².